The SMILES string of the molecule is FC(F)(F)C(F)(F)C(F)(F)C(F)(F)C(F)(F)C(F)(F)c1cc(-c2ccc(-c3ccc(Cl)c4ccccc34)cc2)cc(C(F)(F)C(F)(F)C(F)(F)C(F)(F)C(F)(F)C(F)(F)F)c1. The molecule has 27 heteroatoms. The minimum absolute atomic E-state index is 0.0262. The summed E-state index contributed by atoms with van der Waals surface area (Å²) < 4.78 is 363. The lowest BCUT2D eigenvalue weighted by molar-refractivity contribution is -0.442. The summed E-state index contributed by atoms with van der Waals surface area (Å²) >= 11 is 6.10. The summed E-state index contributed by atoms with van der Waals surface area (Å²) in [6, 6.07) is 7.48. The Morgan fingerprint density at radius 3 is 0.984 bits per heavy atom. The van der Waals surface area contributed by atoms with Gasteiger partial charge in [-0.25, -0.2) is 0 Å². The molecule has 4 aromatic rings. The highest BCUT2D eigenvalue weighted by Crippen LogP contribution is 2.65. The molecule has 61 heavy (non-hydrogen) atoms. The average Bonchev–Trinajstić information content (AvgIpc) is 3.13. The zero-order valence-electron chi connectivity index (χ0n) is 28.2. The molecule has 0 spiro atoms. The van der Waals surface area contributed by atoms with Crippen molar-refractivity contribution in [2.75, 3.05) is 0 Å². The van der Waals surface area contributed by atoms with Crippen LogP contribution in [0.25, 0.3) is 33.0 Å². The van der Waals surface area contributed by atoms with Crippen LogP contribution in [-0.4, -0.2) is 59.7 Å². The second-order valence-corrected chi connectivity index (χ2v) is 13.2. The van der Waals surface area contributed by atoms with Gasteiger partial charge in [0.2, 0.25) is 0 Å². The van der Waals surface area contributed by atoms with Crippen LogP contribution in [-0.2, 0) is 11.8 Å². The fourth-order valence-corrected chi connectivity index (χ4v) is 5.64. The molecule has 338 valence electrons. The second kappa shape index (κ2) is 14.3. The lowest BCUT2D eigenvalue weighted by Gasteiger charge is -2.41. The van der Waals surface area contributed by atoms with E-state index in [1.165, 1.54) is 36.4 Å². The molecule has 0 atom stereocenters. The second-order valence-electron chi connectivity index (χ2n) is 12.8. The maximum atomic E-state index is 15.4. The fourth-order valence-electron chi connectivity index (χ4n) is 5.41. The van der Waals surface area contributed by atoms with E-state index in [0.717, 1.165) is 12.1 Å². The van der Waals surface area contributed by atoms with Gasteiger partial charge in [-0.15, -0.1) is 0 Å². The smallest absolute Gasteiger partial charge is 0.194 e. The van der Waals surface area contributed by atoms with E-state index in [0.29, 0.717) is 22.9 Å². The molecule has 0 bridgehead atoms. The van der Waals surface area contributed by atoms with E-state index >= 15 is 17.6 Å². The molecule has 0 radical (unpaired) electrons. The molecule has 0 aromatic heterocycles. The third kappa shape index (κ3) is 6.95. The highest BCUT2D eigenvalue weighted by Gasteiger charge is 2.92. The zero-order chi connectivity index (χ0) is 47.4. The largest absolute Gasteiger partial charge is 0.460 e. The number of alkyl halides is 26. The summed E-state index contributed by atoms with van der Waals surface area (Å²) in [7, 11) is 0. The lowest BCUT2D eigenvalue weighted by Crippen LogP contribution is -2.69. The predicted molar refractivity (Wildman–Crippen MR) is 159 cm³/mol. The van der Waals surface area contributed by atoms with Crippen LogP contribution in [0.1, 0.15) is 11.1 Å². The minimum atomic E-state index is -8.69. The van der Waals surface area contributed by atoms with Crippen molar-refractivity contribution in [1.82, 2.24) is 0 Å². The third-order valence-electron chi connectivity index (χ3n) is 8.92. The Kier molecular flexibility index (Phi) is 11.6. The first kappa shape index (κ1) is 49.3. The van der Waals surface area contributed by atoms with Gasteiger partial charge in [-0.3, -0.25) is 0 Å². The van der Waals surface area contributed by atoms with Crippen molar-refractivity contribution in [1.29, 1.82) is 0 Å². The Labute approximate surface area is 325 Å². The van der Waals surface area contributed by atoms with E-state index in [1.54, 1.807) is 0 Å². The van der Waals surface area contributed by atoms with E-state index in [4.69, 9.17) is 11.6 Å². The topological polar surface area (TPSA) is 0 Å². The van der Waals surface area contributed by atoms with Crippen molar-refractivity contribution >= 4 is 22.4 Å². The Hall–Kier alpha value is -4.39. The summed E-state index contributed by atoms with van der Waals surface area (Å²) in [6.07, 6.45) is -15.9. The summed E-state index contributed by atoms with van der Waals surface area (Å²) in [5.41, 5.74) is -10.0. The van der Waals surface area contributed by atoms with Crippen LogP contribution >= 0.6 is 11.6 Å². The molecule has 4 rings (SSSR count). The van der Waals surface area contributed by atoms with Crippen molar-refractivity contribution < 1.29 is 114 Å². The molecule has 0 saturated heterocycles. The number of benzene rings is 4. The molecule has 0 nitrogen and oxygen atoms in total. The Balaban J connectivity index is 2.04. The van der Waals surface area contributed by atoms with Gasteiger partial charge in [-0.1, -0.05) is 66.2 Å². The Morgan fingerprint density at radius 1 is 0.295 bits per heavy atom. The molecule has 0 aliphatic carbocycles. The first-order valence-electron chi connectivity index (χ1n) is 15.4. The molecule has 0 N–H and O–H groups in total. The van der Waals surface area contributed by atoms with Crippen molar-refractivity contribution in [2.24, 2.45) is 0 Å². The maximum absolute atomic E-state index is 15.4. The van der Waals surface area contributed by atoms with E-state index in [-0.39, 0.29) is 16.1 Å². The van der Waals surface area contributed by atoms with Crippen molar-refractivity contribution in [3.63, 3.8) is 0 Å². The van der Waals surface area contributed by atoms with Crippen molar-refractivity contribution in [2.45, 2.75) is 71.6 Å². The van der Waals surface area contributed by atoms with Crippen LogP contribution in [0.4, 0.5) is 114 Å². The van der Waals surface area contributed by atoms with E-state index in [9.17, 15) is 96.6 Å². The first-order valence-corrected chi connectivity index (χ1v) is 15.8. The lowest BCUT2D eigenvalue weighted by atomic mass is 9.85. The van der Waals surface area contributed by atoms with E-state index in [1.807, 2.05) is 0 Å². The number of fused-ring (bicyclic) bond motifs is 1. The van der Waals surface area contributed by atoms with Gasteiger partial charge < -0.3 is 0 Å². The summed E-state index contributed by atoms with van der Waals surface area (Å²) in [4.78, 5) is 0. The minimum Gasteiger partial charge on any atom is -0.194 e. The molecule has 0 heterocycles. The van der Waals surface area contributed by atoms with Crippen LogP contribution in [0.2, 0.25) is 5.02 Å². The number of hydrogen-bond donors (Lipinski definition) is 0. The first-order chi connectivity index (χ1) is 27.0. The monoisotopic (exact) mass is 950 g/mol. The van der Waals surface area contributed by atoms with Gasteiger partial charge in [0, 0.05) is 21.5 Å². The maximum Gasteiger partial charge on any atom is 0.460 e. The van der Waals surface area contributed by atoms with E-state index < -0.39 is 112 Å². The van der Waals surface area contributed by atoms with Gasteiger partial charge in [0.25, 0.3) is 0 Å². The summed E-state index contributed by atoms with van der Waals surface area (Å²) in [5, 5.41) is 0.769. The summed E-state index contributed by atoms with van der Waals surface area (Å²) in [5.74, 6) is -83.5. The van der Waals surface area contributed by atoms with Crippen LogP contribution in [0.5, 0.6) is 0 Å². The van der Waals surface area contributed by atoms with Crippen molar-refractivity contribution in [3.8, 4) is 22.3 Å². The summed E-state index contributed by atoms with van der Waals surface area (Å²) in [6.45, 7) is 0. The molecule has 0 amide bonds. The van der Waals surface area contributed by atoms with Crippen LogP contribution < -0.4 is 0 Å². The Bertz CT molecular complexity index is 2170. The fraction of sp³-hybridized carbons (Fsp3) is 0.353. The molecule has 0 aliphatic heterocycles. The Morgan fingerprint density at radius 2 is 0.623 bits per heavy atom. The van der Waals surface area contributed by atoms with Gasteiger partial charge in [0.1, 0.15) is 0 Å². The number of hydrogen-bond acceptors (Lipinski definition) is 0. The standard InChI is InChI=1S/C34H13ClF26/c35-22-10-9-19(20-3-1-2-4-21(20)22)15-7-5-14(6-8-15)16-11-17(23(36,37)25(40,41)27(44,45)29(48,49)31(52,53)33(56,57)58)13-18(12-16)24(38,39)26(42,43)28(46,47)30(50,51)32(54,55)34(59,60)61/h1-13H. The highest BCUT2D eigenvalue weighted by molar-refractivity contribution is 6.36. The highest BCUT2D eigenvalue weighted by atomic mass is 35.5. The molecule has 0 saturated carbocycles. The molecule has 0 unspecified atom stereocenters. The van der Waals surface area contributed by atoms with Crippen LogP contribution in [0, 0.1) is 0 Å². The normalized spacial score (nSPS) is 15.1. The molecule has 0 aliphatic rings. The van der Waals surface area contributed by atoms with Crippen LogP contribution in [0.15, 0.2) is 78.9 Å². The van der Waals surface area contributed by atoms with Crippen LogP contribution in [0.3, 0.4) is 0 Å². The quantitative estimate of drug-likeness (QED) is 0.124. The van der Waals surface area contributed by atoms with E-state index in [2.05, 4.69) is 0 Å². The molecule has 4 aromatic carbocycles. The third-order valence-corrected chi connectivity index (χ3v) is 9.25. The van der Waals surface area contributed by atoms with Gasteiger partial charge in [-0.2, -0.15) is 114 Å². The average molecular weight is 951 g/mol. The molecular weight excluding hydrogens is 938 g/mol. The van der Waals surface area contributed by atoms with Crippen molar-refractivity contribution in [3.05, 3.63) is 95.0 Å². The van der Waals surface area contributed by atoms with Gasteiger partial charge in [-0.05, 0) is 51.9 Å². The van der Waals surface area contributed by atoms with Gasteiger partial charge >= 0.3 is 71.6 Å². The van der Waals surface area contributed by atoms with Gasteiger partial charge in [0.15, 0.2) is 0 Å². The molecular formula is C34H13ClF26. The molecule has 0 fully saturated rings. The number of halogens is 27. The number of rotatable bonds is 12. The van der Waals surface area contributed by atoms with Gasteiger partial charge in [0.05, 0.1) is 0 Å². The predicted octanol–water partition coefficient (Wildman–Crippen LogP) is 15.2. The zero-order valence-corrected chi connectivity index (χ0v) is 29.0.